The Kier molecular flexibility index (Phi) is 4.45. The monoisotopic (exact) mass is 308 g/mol. The fourth-order valence-electron chi connectivity index (χ4n) is 3.16. The van der Waals surface area contributed by atoms with Gasteiger partial charge in [-0.25, -0.2) is 4.39 Å². The minimum absolute atomic E-state index is 0.180. The molecule has 0 aromatic heterocycles. The Morgan fingerprint density at radius 2 is 1.73 bits per heavy atom. The van der Waals surface area contributed by atoms with Crippen molar-refractivity contribution in [3.63, 3.8) is 0 Å². The van der Waals surface area contributed by atoms with Gasteiger partial charge in [0.2, 0.25) is 0 Å². The van der Waals surface area contributed by atoms with E-state index in [1.54, 1.807) is 0 Å². The van der Waals surface area contributed by atoms with Crippen LogP contribution in [0.5, 0.6) is 0 Å². The van der Waals surface area contributed by atoms with Crippen LogP contribution in [0.25, 0.3) is 0 Å². The molecule has 0 amide bonds. The first-order chi connectivity index (χ1) is 10.7. The molecule has 4 nitrogen and oxygen atoms in total. The molecule has 0 radical (unpaired) electrons. The molecule has 1 aromatic carbocycles. The summed E-state index contributed by atoms with van der Waals surface area (Å²) in [5.74, 6) is -1.05. The normalized spacial score (nSPS) is 22.6. The van der Waals surface area contributed by atoms with Crippen molar-refractivity contribution in [1.29, 1.82) is 0 Å². The first-order valence-corrected chi connectivity index (χ1v) is 7.73. The van der Waals surface area contributed by atoms with Crippen molar-refractivity contribution in [2.24, 2.45) is 5.41 Å². The van der Waals surface area contributed by atoms with Gasteiger partial charge < -0.3 is 14.2 Å². The maximum Gasteiger partial charge on any atom is 0.315 e. The number of alkyl halides is 1. The fraction of sp³-hybridized carbons (Fsp3) is 0.588. The summed E-state index contributed by atoms with van der Waals surface area (Å²) in [5.41, 5.74) is -0.144. The number of halogens is 1. The van der Waals surface area contributed by atoms with Crippen LogP contribution in [0.1, 0.15) is 31.2 Å². The van der Waals surface area contributed by atoms with Gasteiger partial charge in [0.25, 0.3) is 0 Å². The molecule has 1 spiro atoms. The van der Waals surface area contributed by atoms with E-state index < -0.39 is 23.8 Å². The lowest BCUT2D eigenvalue weighted by molar-refractivity contribution is -0.201. The van der Waals surface area contributed by atoms with Gasteiger partial charge in [0.05, 0.1) is 18.6 Å². The zero-order valence-electron chi connectivity index (χ0n) is 12.6. The van der Waals surface area contributed by atoms with Crippen molar-refractivity contribution in [3.05, 3.63) is 35.9 Å². The smallest absolute Gasteiger partial charge is 0.315 e. The van der Waals surface area contributed by atoms with Gasteiger partial charge in [-0.2, -0.15) is 0 Å². The molecule has 1 heterocycles. The lowest BCUT2D eigenvalue weighted by Gasteiger charge is -2.40. The van der Waals surface area contributed by atoms with Crippen molar-refractivity contribution in [2.45, 2.75) is 38.1 Å². The minimum atomic E-state index is -1.05. The molecule has 22 heavy (non-hydrogen) atoms. The lowest BCUT2D eigenvalue weighted by Crippen LogP contribution is -2.45. The molecular weight excluding hydrogens is 287 g/mol. The van der Waals surface area contributed by atoms with Gasteiger partial charge in [0.1, 0.15) is 13.3 Å². The van der Waals surface area contributed by atoms with Crippen LogP contribution in [0.3, 0.4) is 0 Å². The number of hydrogen-bond donors (Lipinski definition) is 0. The molecule has 0 unspecified atom stereocenters. The molecule has 120 valence electrons. The molecule has 2 fully saturated rings. The zero-order chi connectivity index (χ0) is 15.5. The average Bonchev–Trinajstić information content (AvgIpc) is 3.03. The van der Waals surface area contributed by atoms with Gasteiger partial charge in [0, 0.05) is 12.8 Å². The second kappa shape index (κ2) is 6.34. The summed E-state index contributed by atoms with van der Waals surface area (Å²) in [5, 5.41) is 0. The minimum Gasteiger partial charge on any atom is -0.460 e. The first kappa shape index (κ1) is 15.4. The maximum absolute atomic E-state index is 13.6. The lowest BCUT2D eigenvalue weighted by atomic mass is 9.72. The van der Waals surface area contributed by atoms with E-state index in [0.717, 1.165) is 5.56 Å². The summed E-state index contributed by atoms with van der Waals surface area (Å²) >= 11 is 0. The second-order valence-electron chi connectivity index (χ2n) is 6.08. The first-order valence-electron chi connectivity index (χ1n) is 7.73. The second-order valence-corrected chi connectivity index (χ2v) is 6.08. The third kappa shape index (κ3) is 3.01. The summed E-state index contributed by atoms with van der Waals surface area (Å²) in [6.07, 6.45) is 1.88. The van der Waals surface area contributed by atoms with Crippen molar-refractivity contribution in [1.82, 2.24) is 0 Å². The van der Waals surface area contributed by atoms with Gasteiger partial charge in [-0.05, 0) is 18.4 Å². The van der Waals surface area contributed by atoms with Crippen LogP contribution in [-0.2, 0) is 25.6 Å². The van der Waals surface area contributed by atoms with Gasteiger partial charge >= 0.3 is 5.97 Å². The SMILES string of the molecule is O=C(OCc1ccccc1)C1(CF)CCC2(CC1)OCCO2. The van der Waals surface area contributed by atoms with Gasteiger partial charge in [-0.1, -0.05) is 30.3 Å². The number of carbonyl (C=O) groups excluding carboxylic acids is 1. The Hall–Kier alpha value is -1.46. The molecule has 0 bridgehead atoms. The van der Waals surface area contributed by atoms with E-state index in [9.17, 15) is 9.18 Å². The van der Waals surface area contributed by atoms with Crippen molar-refractivity contribution in [2.75, 3.05) is 19.9 Å². The predicted molar refractivity (Wildman–Crippen MR) is 77.7 cm³/mol. The van der Waals surface area contributed by atoms with E-state index >= 15 is 0 Å². The van der Waals surface area contributed by atoms with E-state index in [1.807, 2.05) is 30.3 Å². The van der Waals surface area contributed by atoms with Crippen molar-refractivity contribution in [3.8, 4) is 0 Å². The quantitative estimate of drug-likeness (QED) is 0.802. The van der Waals surface area contributed by atoms with Crippen LogP contribution in [-0.4, -0.2) is 31.6 Å². The Balaban J connectivity index is 1.60. The van der Waals surface area contributed by atoms with Gasteiger partial charge in [-0.3, -0.25) is 4.79 Å². The molecule has 1 aliphatic carbocycles. The van der Waals surface area contributed by atoms with Crippen LogP contribution >= 0.6 is 0 Å². The highest BCUT2D eigenvalue weighted by molar-refractivity contribution is 5.77. The Labute approximate surface area is 129 Å². The summed E-state index contributed by atoms with van der Waals surface area (Å²) in [7, 11) is 0. The van der Waals surface area contributed by atoms with Crippen LogP contribution in [0.2, 0.25) is 0 Å². The number of carbonyl (C=O) groups is 1. The molecular formula is C17H21FO4. The number of benzene rings is 1. The molecule has 3 rings (SSSR count). The Morgan fingerprint density at radius 1 is 1.09 bits per heavy atom. The molecule has 0 atom stereocenters. The van der Waals surface area contributed by atoms with Crippen LogP contribution in [0, 0.1) is 5.41 Å². The van der Waals surface area contributed by atoms with Crippen LogP contribution in [0.4, 0.5) is 4.39 Å². The van der Waals surface area contributed by atoms with E-state index in [2.05, 4.69) is 0 Å². The fourth-order valence-corrected chi connectivity index (χ4v) is 3.16. The Bertz CT molecular complexity index is 501. The summed E-state index contributed by atoms with van der Waals surface area (Å²) in [4.78, 5) is 12.4. The molecule has 5 heteroatoms. The molecule has 0 N–H and O–H groups in total. The highest BCUT2D eigenvalue weighted by Gasteiger charge is 2.50. The zero-order valence-corrected chi connectivity index (χ0v) is 12.6. The number of esters is 1. The van der Waals surface area contributed by atoms with Gasteiger partial charge in [0.15, 0.2) is 5.79 Å². The van der Waals surface area contributed by atoms with Crippen molar-refractivity contribution >= 4 is 5.97 Å². The number of ether oxygens (including phenoxy) is 3. The predicted octanol–water partition coefficient (Wildman–Crippen LogP) is 3.00. The molecule has 1 aliphatic heterocycles. The summed E-state index contributed by atoms with van der Waals surface area (Å²) in [6.45, 7) is 0.623. The number of hydrogen-bond acceptors (Lipinski definition) is 4. The van der Waals surface area contributed by atoms with E-state index in [4.69, 9.17) is 14.2 Å². The topological polar surface area (TPSA) is 44.8 Å². The largest absolute Gasteiger partial charge is 0.460 e. The Morgan fingerprint density at radius 3 is 2.32 bits per heavy atom. The van der Waals surface area contributed by atoms with E-state index in [1.165, 1.54) is 0 Å². The molecule has 1 saturated carbocycles. The highest BCUT2D eigenvalue weighted by Crippen LogP contribution is 2.45. The van der Waals surface area contributed by atoms with E-state index in [-0.39, 0.29) is 6.61 Å². The third-order valence-electron chi connectivity index (χ3n) is 4.68. The maximum atomic E-state index is 13.6. The number of rotatable bonds is 4. The summed E-state index contributed by atoms with van der Waals surface area (Å²) < 4.78 is 30.2. The third-order valence-corrected chi connectivity index (χ3v) is 4.68. The van der Waals surface area contributed by atoms with Crippen molar-refractivity contribution < 1.29 is 23.4 Å². The molecule has 2 aliphatic rings. The highest BCUT2D eigenvalue weighted by atomic mass is 19.1. The molecule has 1 aromatic rings. The average molecular weight is 308 g/mol. The standard InChI is InChI=1S/C17H21FO4/c18-13-16(6-8-17(9-7-16)21-10-11-22-17)15(19)20-12-14-4-2-1-3-5-14/h1-5H,6-13H2. The molecule has 1 saturated heterocycles. The summed E-state index contributed by atoms with van der Waals surface area (Å²) in [6, 6.07) is 9.42. The van der Waals surface area contributed by atoms with Crippen LogP contribution in [0.15, 0.2) is 30.3 Å². The van der Waals surface area contributed by atoms with Crippen LogP contribution < -0.4 is 0 Å². The van der Waals surface area contributed by atoms with Gasteiger partial charge in [-0.15, -0.1) is 0 Å². The van der Waals surface area contributed by atoms with E-state index in [0.29, 0.717) is 38.9 Å².